The molecule has 0 saturated carbocycles. The quantitative estimate of drug-likeness (QED) is 0.477. The van der Waals surface area contributed by atoms with Gasteiger partial charge >= 0.3 is 12.0 Å². The molecule has 0 unspecified atom stereocenters. The number of unbranched alkanes of at least 4 members (excludes halogenated alkanes) is 1. The van der Waals surface area contributed by atoms with Crippen LogP contribution in [0.15, 0.2) is 24.5 Å². The Balaban J connectivity index is 1.41. The van der Waals surface area contributed by atoms with Crippen molar-refractivity contribution in [3.63, 3.8) is 0 Å². The molecule has 32 heavy (non-hydrogen) atoms. The number of aryl methyl sites for hydroxylation is 2. The summed E-state index contributed by atoms with van der Waals surface area (Å²) in [6, 6.07) is 4.47. The summed E-state index contributed by atoms with van der Waals surface area (Å²) in [5.41, 5.74) is 2.82. The summed E-state index contributed by atoms with van der Waals surface area (Å²) < 4.78 is 5.19. The molecule has 0 radical (unpaired) electrons. The van der Waals surface area contributed by atoms with Crippen LogP contribution in [0.4, 0.5) is 5.82 Å². The van der Waals surface area contributed by atoms with Gasteiger partial charge in [0.05, 0.1) is 12.5 Å². The number of hydrogen-bond donors (Lipinski definition) is 2. The van der Waals surface area contributed by atoms with Gasteiger partial charge < -0.3 is 15.2 Å². The number of nitrogens with one attached hydrogen (secondary N) is 1. The topological polar surface area (TPSA) is 114 Å². The first-order valence-electron chi connectivity index (χ1n) is 11.5. The lowest BCUT2D eigenvalue weighted by atomic mass is 9.94. The lowest BCUT2D eigenvalue weighted by molar-refractivity contribution is -0.139. The van der Waals surface area contributed by atoms with Crippen molar-refractivity contribution >= 4 is 17.6 Å². The zero-order chi connectivity index (χ0) is 22.8. The molecule has 3 rings (SSSR count). The van der Waals surface area contributed by atoms with Gasteiger partial charge in [-0.05, 0) is 63.5 Å². The van der Waals surface area contributed by atoms with Crippen molar-refractivity contribution in [3.8, 4) is 6.01 Å². The molecule has 8 nitrogen and oxygen atoms in total. The molecule has 0 aromatic carbocycles. The van der Waals surface area contributed by atoms with Crippen molar-refractivity contribution in [1.82, 2.24) is 15.0 Å². The van der Waals surface area contributed by atoms with Gasteiger partial charge in [0.25, 0.3) is 0 Å². The van der Waals surface area contributed by atoms with Crippen LogP contribution in [0.25, 0.3) is 0 Å². The van der Waals surface area contributed by atoms with Crippen LogP contribution in [0.1, 0.15) is 74.6 Å². The monoisotopic (exact) mass is 440 g/mol. The maximum absolute atomic E-state index is 12.3. The van der Waals surface area contributed by atoms with E-state index < -0.39 is 11.9 Å². The fraction of sp³-hybridized carbons (Fsp3) is 0.542. The van der Waals surface area contributed by atoms with Crippen LogP contribution in [-0.2, 0) is 22.4 Å². The minimum Gasteiger partial charge on any atom is -0.481 e. The smallest absolute Gasteiger partial charge is 0.316 e. The van der Waals surface area contributed by atoms with Crippen molar-refractivity contribution in [1.29, 1.82) is 0 Å². The third kappa shape index (κ3) is 7.00. The van der Waals surface area contributed by atoms with Gasteiger partial charge in [-0.2, -0.15) is 0 Å². The molecule has 2 aromatic heterocycles. The Kier molecular flexibility index (Phi) is 8.95. The average molecular weight is 441 g/mol. The van der Waals surface area contributed by atoms with E-state index in [4.69, 9.17) is 9.72 Å². The van der Waals surface area contributed by atoms with Crippen LogP contribution in [-0.4, -0.2) is 45.0 Å². The summed E-state index contributed by atoms with van der Waals surface area (Å²) in [5.74, 6) is -0.687. The molecule has 1 aliphatic rings. The zero-order valence-corrected chi connectivity index (χ0v) is 18.7. The molecule has 0 fully saturated rings. The van der Waals surface area contributed by atoms with Gasteiger partial charge in [-0.15, -0.1) is 0 Å². The highest BCUT2D eigenvalue weighted by atomic mass is 16.5. The first-order chi connectivity index (χ1) is 15.6. The molecule has 2 aromatic rings. The Hall–Kier alpha value is -3.03. The highest BCUT2D eigenvalue weighted by Gasteiger charge is 2.22. The summed E-state index contributed by atoms with van der Waals surface area (Å²) in [7, 11) is 0. The van der Waals surface area contributed by atoms with E-state index in [1.807, 2.05) is 6.92 Å². The van der Waals surface area contributed by atoms with E-state index in [9.17, 15) is 14.7 Å². The Morgan fingerprint density at radius 2 is 1.97 bits per heavy atom. The van der Waals surface area contributed by atoms with Crippen LogP contribution < -0.4 is 10.1 Å². The molecule has 1 atom stereocenters. The lowest BCUT2D eigenvalue weighted by Crippen LogP contribution is -2.14. The number of aromatic nitrogens is 3. The molecule has 8 heteroatoms. The minimum absolute atomic E-state index is 0.0830. The van der Waals surface area contributed by atoms with Gasteiger partial charge in [0.2, 0.25) is 0 Å². The number of ether oxygens (including phenoxy) is 1. The number of carbonyl (C=O) groups is 2. The number of aliphatic carboxylic acids is 1. The zero-order valence-electron chi connectivity index (χ0n) is 18.7. The molecule has 0 spiro atoms. The molecular formula is C24H32N4O4. The van der Waals surface area contributed by atoms with E-state index in [0.717, 1.165) is 43.7 Å². The molecular weight excluding hydrogens is 408 g/mol. The van der Waals surface area contributed by atoms with Crippen LogP contribution in [0, 0.1) is 0 Å². The normalized spacial score (nSPS) is 14.0. The largest absolute Gasteiger partial charge is 0.481 e. The standard InChI is InChI=1S/C24H32N4O4/c1-2-32-24-26-15-18(16-27-24)21(23(30)31)13-12-20(29)9-4-3-8-19-11-10-17-7-5-6-14-25-22(17)28-19/h10-11,15-16,21H,2-9,12-14H2,1H3,(H,25,28)(H,30,31)/t21-/m0/s1. The number of nitrogens with zero attached hydrogens (tertiary/aromatic N) is 3. The predicted octanol–water partition coefficient (Wildman–Crippen LogP) is 3.95. The van der Waals surface area contributed by atoms with E-state index in [-0.39, 0.29) is 24.6 Å². The maximum Gasteiger partial charge on any atom is 0.316 e. The van der Waals surface area contributed by atoms with Crippen LogP contribution >= 0.6 is 0 Å². The third-order valence-electron chi connectivity index (χ3n) is 5.67. The van der Waals surface area contributed by atoms with Gasteiger partial charge in [-0.1, -0.05) is 6.07 Å². The Labute approximate surface area is 188 Å². The molecule has 172 valence electrons. The fourth-order valence-electron chi connectivity index (χ4n) is 3.87. The number of hydrogen-bond acceptors (Lipinski definition) is 7. The number of ketones is 1. The van der Waals surface area contributed by atoms with Crippen molar-refractivity contribution in [2.24, 2.45) is 0 Å². The minimum atomic E-state index is -0.978. The number of Topliss-reactive ketones (excluding diaryl/α,β-unsaturated/α-hetero) is 1. The van der Waals surface area contributed by atoms with Gasteiger partial charge in [0.15, 0.2) is 0 Å². The molecule has 0 aliphatic carbocycles. The van der Waals surface area contributed by atoms with Gasteiger partial charge in [-0.3, -0.25) is 9.59 Å². The molecule has 0 saturated heterocycles. The second-order valence-electron chi connectivity index (χ2n) is 8.10. The second-order valence-corrected chi connectivity index (χ2v) is 8.10. The number of pyridine rings is 1. The van der Waals surface area contributed by atoms with Gasteiger partial charge in [0.1, 0.15) is 11.6 Å². The van der Waals surface area contributed by atoms with Crippen molar-refractivity contribution in [2.75, 3.05) is 18.5 Å². The Bertz CT molecular complexity index is 901. The fourth-order valence-corrected chi connectivity index (χ4v) is 3.87. The van der Waals surface area contributed by atoms with Crippen molar-refractivity contribution in [2.45, 2.75) is 70.6 Å². The van der Waals surface area contributed by atoms with Crippen molar-refractivity contribution in [3.05, 3.63) is 41.3 Å². The Morgan fingerprint density at radius 1 is 1.16 bits per heavy atom. The van der Waals surface area contributed by atoms with E-state index in [1.54, 1.807) is 0 Å². The second kappa shape index (κ2) is 12.1. The maximum atomic E-state index is 12.3. The van der Waals surface area contributed by atoms with E-state index in [1.165, 1.54) is 30.8 Å². The van der Waals surface area contributed by atoms with Gasteiger partial charge in [-0.25, -0.2) is 15.0 Å². The van der Waals surface area contributed by atoms with Crippen molar-refractivity contribution < 1.29 is 19.4 Å². The molecule has 3 heterocycles. The summed E-state index contributed by atoms with van der Waals surface area (Å²) in [5, 5.41) is 12.9. The number of anilines is 1. The number of carboxylic acid groups (broad SMARTS) is 1. The lowest BCUT2D eigenvalue weighted by Gasteiger charge is -2.12. The summed E-state index contributed by atoms with van der Waals surface area (Å²) >= 11 is 0. The predicted molar refractivity (Wildman–Crippen MR) is 121 cm³/mol. The molecule has 0 bridgehead atoms. The van der Waals surface area contributed by atoms with E-state index in [0.29, 0.717) is 18.6 Å². The first kappa shape index (κ1) is 23.6. The average Bonchev–Trinajstić information content (AvgIpc) is 3.03. The molecule has 1 aliphatic heterocycles. The van der Waals surface area contributed by atoms with Crippen LogP contribution in [0.5, 0.6) is 6.01 Å². The highest BCUT2D eigenvalue weighted by molar-refractivity contribution is 5.80. The van der Waals surface area contributed by atoms with E-state index in [2.05, 4.69) is 27.4 Å². The SMILES string of the molecule is CCOc1ncc([C@H](CCC(=O)CCCCc2ccc3c(n2)NCCCC3)C(=O)O)cn1. The summed E-state index contributed by atoms with van der Waals surface area (Å²) in [4.78, 5) is 36.8. The molecule has 2 N–H and O–H groups in total. The Morgan fingerprint density at radius 3 is 2.72 bits per heavy atom. The van der Waals surface area contributed by atoms with Crippen LogP contribution in [0.3, 0.4) is 0 Å². The number of rotatable bonds is 12. The third-order valence-corrected chi connectivity index (χ3v) is 5.67. The number of carbonyl (C=O) groups excluding carboxylic acids is 1. The van der Waals surface area contributed by atoms with E-state index >= 15 is 0 Å². The highest BCUT2D eigenvalue weighted by Crippen LogP contribution is 2.23. The van der Waals surface area contributed by atoms with Crippen LogP contribution in [0.2, 0.25) is 0 Å². The molecule has 0 amide bonds. The summed E-state index contributed by atoms with van der Waals surface area (Å²) in [6.45, 7) is 3.23. The summed E-state index contributed by atoms with van der Waals surface area (Å²) in [6.07, 6.45) is 9.77. The van der Waals surface area contributed by atoms with Gasteiger partial charge in [0, 0.05) is 43.0 Å². The number of fused-ring (bicyclic) bond motifs is 1. The first-order valence-corrected chi connectivity index (χ1v) is 11.5. The number of carboxylic acids is 1.